The van der Waals surface area contributed by atoms with E-state index < -0.39 is 29.2 Å². The number of aromatic amines is 1. The summed E-state index contributed by atoms with van der Waals surface area (Å²) < 4.78 is 54.5. The Bertz CT molecular complexity index is 1020. The van der Waals surface area contributed by atoms with E-state index in [0.717, 1.165) is 16.5 Å². The van der Waals surface area contributed by atoms with E-state index in [-0.39, 0.29) is 38.5 Å². The van der Waals surface area contributed by atoms with E-state index in [1.54, 1.807) is 11.1 Å². The number of rotatable bonds is 3. The number of amides is 1. The van der Waals surface area contributed by atoms with Crippen LogP contribution in [0.1, 0.15) is 5.56 Å². The van der Waals surface area contributed by atoms with Gasteiger partial charge < -0.3 is 14.8 Å². The van der Waals surface area contributed by atoms with Gasteiger partial charge in [-0.3, -0.25) is 4.79 Å². The van der Waals surface area contributed by atoms with Crippen LogP contribution >= 0.6 is 0 Å². The molecule has 4 rings (SSSR count). The van der Waals surface area contributed by atoms with Gasteiger partial charge in [0.1, 0.15) is 5.69 Å². The van der Waals surface area contributed by atoms with E-state index in [2.05, 4.69) is 9.97 Å². The van der Waals surface area contributed by atoms with Gasteiger partial charge >= 0.3 is 0 Å². The van der Waals surface area contributed by atoms with Crippen LogP contribution < -0.4 is 4.90 Å². The highest BCUT2D eigenvalue weighted by Crippen LogP contribution is 2.27. The van der Waals surface area contributed by atoms with Gasteiger partial charge in [0.25, 0.3) is 11.9 Å². The fourth-order valence-corrected chi connectivity index (χ4v) is 3.49. The Morgan fingerprint density at radius 1 is 1.00 bits per heavy atom. The molecular formula is C19H16F4N4O. The molecule has 1 saturated heterocycles. The molecule has 0 aliphatic carbocycles. The first kappa shape index (κ1) is 18.3. The topological polar surface area (TPSA) is 52.2 Å². The molecule has 1 aliphatic rings. The minimum atomic E-state index is -1.69. The van der Waals surface area contributed by atoms with Gasteiger partial charge in [0, 0.05) is 43.3 Å². The van der Waals surface area contributed by atoms with Crippen molar-refractivity contribution in [2.75, 3.05) is 31.1 Å². The molecule has 0 spiro atoms. The van der Waals surface area contributed by atoms with Crippen LogP contribution in [0.15, 0.2) is 30.5 Å². The molecule has 0 atom stereocenters. The average Bonchev–Trinajstić information content (AvgIpc) is 3.10. The number of benzene rings is 1. The zero-order valence-corrected chi connectivity index (χ0v) is 14.7. The molecule has 2 aromatic heterocycles. The van der Waals surface area contributed by atoms with Crippen molar-refractivity contribution >= 4 is 22.5 Å². The number of halogens is 4. The first-order valence-electron chi connectivity index (χ1n) is 8.73. The summed E-state index contributed by atoms with van der Waals surface area (Å²) in [4.78, 5) is 21.0. The Labute approximate surface area is 157 Å². The lowest BCUT2D eigenvalue weighted by Gasteiger charge is -2.36. The SMILES string of the molecule is O=C(Cc1c[nH]c2ccccc12)N1CCN(c2c(F)c(F)nc(F)c2F)CC1. The van der Waals surface area contributed by atoms with Crippen LogP contribution in [0.25, 0.3) is 10.9 Å². The molecule has 5 nitrogen and oxygen atoms in total. The second kappa shape index (κ2) is 7.14. The fraction of sp³-hybridized carbons (Fsp3) is 0.263. The summed E-state index contributed by atoms with van der Waals surface area (Å²) in [6.45, 7) is 0.476. The van der Waals surface area contributed by atoms with Gasteiger partial charge in [-0.25, -0.2) is 0 Å². The normalized spacial score (nSPS) is 14.7. The summed E-state index contributed by atoms with van der Waals surface area (Å²) in [5.74, 6) is -6.56. The molecule has 9 heteroatoms. The number of nitrogens with one attached hydrogen (secondary N) is 1. The maximum atomic E-state index is 13.9. The number of nitrogens with zero attached hydrogens (tertiary/aromatic N) is 3. The predicted molar refractivity (Wildman–Crippen MR) is 94.9 cm³/mol. The van der Waals surface area contributed by atoms with E-state index in [0.29, 0.717) is 0 Å². The number of H-pyrrole nitrogens is 1. The van der Waals surface area contributed by atoms with Gasteiger partial charge in [0.2, 0.25) is 17.5 Å². The van der Waals surface area contributed by atoms with E-state index in [9.17, 15) is 22.4 Å². The highest BCUT2D eigenvalue weighted by molar-refractivity contribution is 5.89. The minimum Gasteiger partial charge on any atom is -0.363 e. The highest BCUT2D eigenvalue weighted by atomic mass is 19.2. The number of fused-ring (bicyclic) bond motifs is 1. The van der Waals surface area contributed by atoms with Crippen molar-refractivity contribution in [3.05, 3.63) is 59.6 Å². The predicted octanol–water partition coefficient (Wildman–Crippen LogP) is 3.01. The molecular weight excluding hydrogens is 376 g/mol. The lowest BCUT2D eigenvalue weighted by molar-refractivity contribution is -0.130. The van der Waals surface area contributed by atoms with Crippen molar-refractivity contribution in [3.63, 3.8) is 0 Å². The number of carbonyl (C=O) groups excluding carboxylic acids is 1. The maximum absolute atomic E-state index is 13.9. The minimum absolute atomic E-state index is 0.0519. The first-order valence-corrected chi connectivity index (χ1v) is 8.73. The van der Waals surface area contributed by atoms with Gasteiger partial charge in [-0.15, -0.1) is 0 Å². The molecule has 3 heterocycles. The summed E-state index contributed by atoms with van der Waals surface area (Å²) >= 11 is 0. The van der Waals surface area contributed by atoms with E-state index in [1.165, 1.54) is 4.90 Å². The largest absolute Gasteiger partial charge is 0.363 e. The third-order valence-corrected chi connectivity index (χ3v) is 4.94. The number of carbonyl (C=O) groups is 1. The quantitative estimate of drug-likeness (QED) is 0.551. The molecule has 1 amide bonds. The Morgan fingerprint density at radius 3 is 2.32 bits per heavy atom. The third kappa shape index (κ3) is 3.17. The summed E-state index contributed by atoms with van der Waals surface area (Å²) in [6.07, 6.45) is 1.97. The summed E-state index contributed by atoms with van der Waals surface area (Å²) in [6, 6.07) is 7.62. The van der Waals surface area contributed by atoms with Gasteiger partial charge in [0.05, 0.1) is 6.42 Å². The highest BCUT2D eigenvalue weighted by Gasteiger charge is 2.29. The summed E-state index contributed by atoms with van der Waals surface area (Å²) in [7, 11) is 0. The van der Waals surface area contributed by atoms with Crippen molar-refractivity contribution in [1.82, 2.24) is 14.9 Å². The number of aromatic nitrogens is 2. The fourth-order valence-electron chi connectivity index (χ4n) is 3.49. The monoisotopic (exact) mass is 392 g/mol. The average molecular weight is 392 g/mol. The van der Waals surface area contributed by atoms with Crippen LogP contribution in [-0.4, -0.2) is 47.0 Å². The van der Waals surface area contributed by atoms with Crippen molar-refractivity contribution < 1.29 is 22.4 Å². The zero-order chi connectivity index (χ0) is 19.8. The molecule has 0 radical (unpaired) electrons. The molecule has 1 fully saturated rings. The summed E-state index contributed by atoms with van der Waals surface area (Å²) in [5, 5.41) is 0.960. The molecule has 0 unspecified atom stereocenters. The van der Waals surface area contributed by atoms with E-state index in [1.807, 2.05) is 24.3 Å². The Morgan fingerprint density at radius 2 is 1.64 bits per heavy atom. The zero-order valence-electron chi connectivity index (χ0n) is 14.7. The van der Waals surface area contributed by atoms with Gasteiger partial charge in [-0.05, 0) is 11.6 Å². The molecule has 0 saturated carbocycles. The van der Waals surface area contributed by atoms with Gasteiger partial charge in [-0.1, -0.05) is 18.2 Å². The number of piperazine rings is 1. The van der Waals surface area contributed by atoms with Crippen LogP contribution in [0.5, 0.6) is 0 Å². The molecule has 28 heavy (non-hydrogen) atoms. The van der Waals surface area contributed by atoms with Crippen molar-refractivity contribution in [2.45, 2.75) is 6.42 Å². The Kier molecular flexibility index (Phi) is 4.66. The van der Waals surface area contributed by atoms with Crippen molar-refractivity contribution in [3.8, 4) is 0 Å². The molecule has 1 aliphatic heterocycles. The number of hydrogen-bond donors (Lipinski definition) is 1. The standard InChI is InChI=1S/C19H16F4N4O/c20-15-17(16(21)19(23)25-18(15)22)27-7-5-26(6-8-27)14(28)9-11-10-24-13-4-2-1-3-12(11)13/h1-4,10,24H,5-9H2. The van der Waals surface area contributed by atoms with Crippen molar-refractivity contribution in [2.24, 2.45) is 0 Å². The lowest BCUT2D eigenvalue weighted by atomic mass is 10.1. The number of pyridine rings is 1. The Hall–Kier alpha value is -3.10. The van der Waals surface area contributed by atoms with Crippen LogP contribution in [0.4, 0.5) is 23.2 Å². The smallest absolute Gasteiger partial charge is 0.253 e. The molecule has 1 aromatic carbocycles. The first-order chi connectivity index (χ1) is 13.5. The lowest BCUT2D eigenvalue weighted by Crippen LogP contribution is -2.49. The van der Waals surface area contributed by atoms with Gasteiger partial charge in [0.15, 0.2) is 0 Å². The molecule has 1 N–H and O–H groups in total. The van der Waals surface area contributed by atoms with Gasteiger partial charge in [-0.2, -0.15) is 22.5 Å². The second-order valence-electron chi connectivity index (χ2n) is 6.57. The van der Waals surface area contributed by atoms with Crippen molar-refractivity contribution in [1.29, 1.82) is 0 Å². The van der Waals surface area contributed by atoms with Crippen LogP contribution in [0.2, 0.25) is 0 Å². The third-order valence-electron chi connectivity index (χ3n) is 4.94. The maximum Gasteiger partial charge on any atom is 0.253 e. The Balaban J connectivity index is 1.45. The molecule has 0 bridgehead atoms. The van der Waals surface area contributed by atoms with E-state index in [4.69, 9.17) is 0 Å². The van der Waals surface area contributed by atoms with E-state index >= 15 is 0 Å². The summed E-state index contributed by atoms with van der Waals surface area (Å²) in [5.41, 5.74) is 1.01. The number of hydrogen-bond acceptors (Lipinski definition) is 3. The molecule has 146 valence electrons. The van der Waals surface area contributed by atoms with Crippen LogP contribution in [-0.2, 0) is 11.2 Å². The van der Waals surface area contributed by atoms with Crippen LogP contribution in [0.3, 0.4) is 0 Å². The number of para-hydroxylation sites is 1. The number of anilines is 1. The van der Waals surface area contributed by atoms with Crippen LogP contribution in [0, 0.1) is 23.5 Å². The second-order valence-corrected chi connectivity index (χ2v) is 6.57. The molecule has 3 aromatic rings.